The Labute approximate surface area is 114 Å². The summed E-state index contributed by atoms with van der Waals surface area (Å²) in [5.74, 6) is -0.305. The molecule has 2 rings (SSSR count). The lowest BCUT2D eigenvalue weighted by Gasteiger charge is -2.47. The molecule has 0 amide bonds. The largest absolute Gasteiger partial charge is 0.387 e. The summed E-state index contributed by atoms with van der Waals surface area (Å²) in [7, 11) is 4.20. The highest BCUT2D eigenvalue weighted by atomic mass is 19.1. The van der Waals surface area contributed by atoms with E-state index in [0.717, 1.165) is 6.54 Å². The average molecular weight is 266 g/mol. The van der Waals surface area contributed by atoms with Crippen LogP contribution >= 0.6 is 0 Å². The first-order valence-corrected chi connectivity index (χ1v) is 6.85. The topological polar surface area (TPSA) is 35.5 Å². The fourth-order valence-corrected chi connectivity index (χ4v) is 2.64. The van der Waals surface area contributed by atoms with Gasteiger partial charge in [-0.1, -0.05) is 12.1 Å². The van der Waals surface area contributed by atoms with Crippen molar-refractivity contribution >= 4 is 0 Å². The zero-order valence-electron chi connectivity index (χ0n) is 11.7. The normalized spacial score (nSPS) is 19.2. The Morgan fingerprint density at radius 2 is 2.16 bits per heavy atom. The summed E-state index contributed by atoms with van der Waals surface area (Å²) >= 11 is 0. The number of hydrogen-bond donors (Lipinski definition) is 2. The van der Waals surface area contributed by atoms with E-state index in [1.165, 1.54) is 31.4 Å². The van der Waals surface area contributed by atoms with Gasteiger partial charge >= 0.3 is 0 Å². The molecule has 4 heteroatoms. The molecule has 1 aromatic carbocycles. The van der Waals surface area contributed by atoms with Gasteiger partial charge in [-0.25, -0.2) is 4.39 Å². The number of nitrogens with one attached hydrogen (secondary N) is 1. The number of aliphatic hydroxyl groups is 1. The molecule has 0 bridgehead atoms. The number of nitrogens with zero attached hydrogens (tertiary/aromatic N) is 1. The van der Waals surface area contributed by atoms with E-state index >= 15 is 0 Å². The van der Waals surface area contributed by atoms with Gasteiger partial charge in [0.1, 0.15) is 5.82 Å². The van der Waals surface area contributed by atoms with Gasteiger partial charge in [-0.05, 0) is 51.1 Å². The zero-order valence-corrected chi connectivity index (χ0v) is 11.7. The van der Waals surface area contributed by atoms with Crippen LogP contribution in [0.3, 0.4) is 0 Å². The number of benzene rings is 1. The molecule has 1 unspecified atom stereocenters. The summed E-state index contributed by atoms with van der Waals surface area (Å²) in [6, 6.07) is 6.15. The van der Waals surface area contributed by atoms with E-state index in [1.54, 1.807) is 12.1 Å². The van der Waals surface area contributed by atoms with E-state index in [-0.39, 0.29) is 11.4 Å². The minimum absolute atomic E-state index is 0.238. The highest BCUT2D eigenvalue weighted by Gasteiger charge is 2.38. The summed E-state index contributed by atoms with van der Waals surface area (Å²) in [5, 5.41) is 13.3. The van der Waals surface area contributed by atoms with Gasteiger partial charge in [0.15, 0.2) is 0 Å². The Balaban J connectivity index is 1.82. The van der Waals surface area contributed by atoms with Crippen molar-refractivity contribution in [3.63, 3.8) is 0 Å². The summed E-state index contributed by atoms with van der Waals surface area (Å²) < 4.78 is 13.1. The number of likely N-dealkylation sites (N-methyl/N-ethyl adjacent to an activating group) is 1. The molecular weight excluding hydrogens is 243 g/mol. The van der Waals surface area contributed by atoms with Crippen molar-refractivity contribution in [2.45, 2.75) is 30.9 Å². The third kappa shape index (κ3) is 3.32. The van der Waals surface area contributed by atoms with Crippen LogP contribution in [0.1, 0.15) is 30.9 Å². The smallest absolute Gasteiger partial charge is 0.123 e. The van der Waals surface area contributed by atoms with Crippen molar-refractivity contribution in [3.8, 4) is 0 Å². The molecule has 1 aliphatic rings. The molecule has 0 aliphatic heterocycles. The molecule has 1 aromatic rings. The lowest BCUT2D eigenvalue weighted by atomic mass is 9.75. The lowest BCUT2D eigenvalue weighted by molar-refractivity contribution is 0.0555. The average Bonchev–Trinajstić information content (AvgIpc) is 2.31. The molecule has 0 saturated heterocycles. The van der Waals surface area contributed by atoms with Crippen molar-refractivity contribution in [2.24, 2.45) is 0 Å². The summed E-state index contributed by atoms with van der Waals surface area (Å²) in [6.07, 6.45) is 3.01. The van der Waals surface area contributed by atoms with Crippen LogP contribution in [0, 0.1) is 5.82 Å². The van der Waals surface area contributed by atoms with E-state index < -0.39 is 6.10 Å². The van der Waals surface area contributed by atoms with Gasteiger partial charge in [0.2, 0.25) is 0 Å². The predicted molar refractivity (Wildman–Crippen MR) is 74.5 cm³/mol. The zero-order chi connectivity index (χ0) is 13.9. The second-order valence-corrected chi connectivity index (χ2v) is 5.67. The van der Waals surface area contributed by atoms with E-state index in [9.17, 15) is 9.50 Å². The van der Waals surface area contributed by atoms with Crippen LogP contribution in [0.5, 0.6) is 0 Å². The molecule has 1 saturated carbocycles. The molecule has 106 valence electrons. The van der Waals surface area contributed by atoms with Gasteiger partial charge in [-0.15, -0.1) is 0 Å². The predicted octanol–water partition coefficient (Wildman–Crippen LogP) is 1.93. The Morgan fingerprint density at radius 1 is 1.42 bits per heavy atom. The maximum atomic E-state index is 13.1. The Hall–Kier alpha value is -0.970. The molecule has 1 fully saturated rings. The molecule has 0 spiro atoms. The van der Waals surface area contributed by atoms with Crippen molar-refractivity contribution in [1.82, 2.24) is 10.2 Å². The third-order valence-corrected chi connectivity index (χ3v) is 4.26. The maximum Gasteiger partial charge on any atom is 0.123 e. The molecule has 0 heterocycles. The number of hydrogen-bond acceptors (Lipinski definition) is 3. The highest BCUT2D eigenvalue weighted by Crippen LogP contribution is 2.35. The monoisotopic (exact) mass is 266 g/mol. The van der Waals surface area contributed by atoms with E-state index in [0.29, 0.717) is 12.1 Å². The Kier molecular flexibility index (Phi) is 4.55. The fourth-order valence-electron chi connectivity index (χ4n) is 2.64. The van der Waals surface area contributed by atoms with Crippen LogP contribution in [0.2, 0.25) is 0 Å². The second-order valence-electron chi connectivity index (χ2n) is 5.67. The molecule has 2 N–H and O–H groups in total. The summed E-state index contributed by atoms with van der Waals surface area (Å²) in [4.78, 5) is 2.26. The molecule has 3 nitrogen and oxygen atoms in total. The van der Waals surface area contributed by atoms with E-state index in [1.807, 2.05) is 0 Å². The fraction of sp³-hybridized carbons (Fsp3) is 0.600. The van der Waals surface area contributed by atoms with Gasteiger partial charge in [0, 0.05) is 18.6 Å². The van der Waals surface area contributed by atoms with Crippen molar-refractivity contribution < 1.29 is 9.50 Å². The SMILES string of the molecule is CN(C)C1(CNCC(O)c2cccc(F)c2)CCC1. The maximum absolute atomic E-state index is 13.1. The third-order valence-electron chi connectivity index (χ3n) is 4.26. The molecule has 1 atom stereocenters. The first-order valence-electron chi connectivity index (χ1n) is 6.85. The molecule has 19 heavy (non-hydrogen) atoms. The van der Waals surface area contributed by atoms with Crippen molar-refractivity contribution in [1.29, 1.82) is 0 Å². The van der Waals surface area contributed by atoms with Crippen molar-refractivity contribution in [3.05, 3.63) is 35.6 Å². The van der Waals surface area contributed by atoms with Crippen LogP contribution in [0.4, 0.5) is 4.39 Å². The van der Waals surface area contributed by atoms with Gasteiger partial charge in [-0.3, -0.25) is 0 Å². The van der Waals surface area contributed by atoms with Gasteiger partial charge in [-0.2, -0.15) is 0 Å². The summed E-state index contributed by atoms with van der Waals surface area (Å²) in [6.45, 7) is 1.32. The number of aliphatic hydroxyl groups excluding tert-OH is 1. The molecule has 1 aliphatic carbocycles. The number of rotatable bonds is 6. The van der Waals surface area contributed by atoms with E-state index in [2.05, 4.69) is 24.3 Å². The lowest BCUT2D eigenvalue weighted by Crippen LogP contribution is -2.56. The van der Waals surface area contributed by atoms with E-state index in [4.69, 9.17) is 0 Å². The highest BCUT2D eigenvalue weighted by molar-refractivity contribution is 5.19. The standard InChI is InChI=1S/C15H23FN2O/c1-18(2)15(7-4-8-15)11-17-10-14(19)12-5-3-6-13(16)9-12/h3,5-6,9,14,17,19H,4,7-8,10-11H2,1-2H3. The Morgan fingerprint density at radius 3 is 2.68 bits per heavy atom. The van der Waals surface area contributed by atoms with Crippen LogP contribution in [0.25, 0.3) is 0 Å². The summed E-state index contributed by atoms with van der Waals surface area (Å²) in [5.41, 5.74) is 0.863. The van der Waals surface area contributed by atoms with Crippen LogP contribution in [0.15, 0.2) is 24.3 Å². The first kappa shape index (κ1) is 14.4. The van der Waals surface area contributed by atoms with Crippen LogP contribution in [-0.2, 0) is 0 Å². The Bertz CT molecular complexity index is 418. The van der Waals surface area contributed by atoms with Crippen LogP contribution in [-0.4, -0.2) is 42.7 Å². The first-order chi connectivity index (χ1) is 9.03. The quantitative estimate of drug-likeness (QED) is 0.826. The number of halogens is 1. The molecule has 0 aromatic heterocycles. The molecular formula is C15H23FN2O. The van der Waals surface area contributed by atoms with Gasteiger partial charge in [0.25, 0.3) is 0 Å². The van der Waals surface area contributed by atoms with Crippen molar-refractivity contribution in [2.75, 3.05) is 27.2 Å². The van der Waals surface area contributed by atoms with Gasteiger partial charge in [0.05, 0.1) is 6.10 Å². The second kappa shape index (κ2) is 5.99. The van der Waals surface area contributed by atoms with Gasteiger partial charge < -0.3 is 15.3 Å². The van der Waals surface area contributed by atoms with Crippen LogP contribution < -0.4 is 5.32 Å². The minimum Gasteiger partial charge on any atom is -0.387 e. The minimum atomic E-state index is -0.657. The molecule has 0 radical (unpaired) electrons.